The first-order valence-corrected chi connectivity index (χ1v) is 12.0. The normalized spacial score (nSPS) is 11.1. The van der Waals surface area contributed by atoms with Gasteiger partial charge in [0, 0.05) is 17.1 Å². The molecule has 0 unspecified atom stereocenters. The fourth-order valence-corrected chi connectivity index (χ4v) is 4.29. The topological polar surface area (TPSA) is 93.7 Å². The quantitative estimate of drug-likeness (QED) is 0.421. The third kappa shape index (κ3) is 6.95. The van der Waals surface area contributed by atoms with E-state index in [-0.39, 0.29) is 35.9 Å². The highest BCUT2D eigenvalue weighted by molar-refractivity contribution is 7.89. The minimum atomic E-state index is -3.94. The summed E-state index contributed by atoms with van der Waals surface area (Å²) < 4.78 is 39.1. The fraction of sp³-hybridized carbons (Fsp3) is 0.208. The van der Waals surface area contributed by atoms with Crippen molar-refractivity contribution in [1.29, 1.82) is 0 Å². The van der Waals surface area contributed by atoms with Gasteiger partial charge >= 0.3 is 0 Å². The summed E-state index contributed by atoms with van der Waals surface area (Å²) in [6.45, 7) is 2.59. The molecule has 0 fully saturated rings. The molecule has 7 nitrogen and oxygen atoms in total. The molecule has 0 aromatic heterocycles. The van der Waals surface area contributed by atoms with E-state index in [4.69, 9.17) is 21.1 Å². The smallest absolute Gasteiger partial charge is 0.251 e. The average Bonchev–Trinajstić information content (AvgIpc) is 2.82. The second-order valence-electron chi connectivity index (χ2n) is 7.23. The Labute approximate surface area is 198 Å². The zero-order valence-electron chi connectivity index (χ0n) is 18.3. The molecule has 3 rings (SSSR count). The molecule has 9 heteroatoms. The van der Waals surface area contributed by atoms with E-state index in [9.17, 15) is 13.2 Å². The van der Waals surface area contributed by atoms with Gasteiger partial charge in [0.15, 0.2) is 0 Å². The van der Waals surface area contributed by atoms with Gasteiger partial charge in [-0.2, -0.15) is 0 Å². The lowest BCUT2D eigenvalue weighted by atomic mass is 10.2. The highest BCUT2D eigenvalue weighted by Crippen LogP contribution is 2.25. The molecule has 0 aliphatic rings. The summed E-state index contributed by atoms with van der Waals surface area (Å²) in [7, 11) is -2.57. The Bertz CT molecular complexity index is 1200. The van der Waals surface area contributed by atoms with Gasteiger partial charge < -0.3 is 14.8 Å². The summed E-state index contributed by atoms with van der Waals surface area (Å²) in [6, 6.07) is 18.7. The van der Waals surface area contributed by atoms with Crippen molar-refractivity contribution in [3.05, 3.63) is 88.4 Å². The molecule has 0 bridgehead atoms. The Morgan fingerprint density at radius 1 is 1.00 bits per heavy atom. The van der Waals surface area contributed by atoms with Crippen molar-refractivity contribution in [1.82, 2.24) is 10.0 Å². The SMILES string of the molecule is COc1ccc(C(=O)NCCOc2ccc(C)cc2)cc1S(=O)(=O)NCc1ccc(Cl)cc1. The van der Waals surface area contributed by atoms with Crippen LogP contribution >= 0.6 is 11.6 Å². The molecule has 0 spiro atoms. The van der Waals surface area contributed by atoms with Crippen LogP contribution in [0, 0.1) is 6.92 Å². The van der Waals surface area contributed by atoms with E-state index in [0.29, 0.717) is 10.8 Å². The summed E-state index contributed by atoms with van der Waals surface area (Å²) in [5, 5.41) is 3.29. The van der Waals surface area contributed by atoms with Gasteiger partial charge in [-0.15, -0.1) is 0 Å². The summed E-state index contributed by atoms with van der Waals surface area (Å²) in [5.41, 5.74) is 2.06. The third-order valence-corrected chi connectivity index (χ3v) is 6.45. The van der Waals surface area contributed by atoms with E-state index in [1.54, 1.807) is 24.3 Å². The first kappa shape index (κ1) is 24.6. The van der Waals surface area contributed by atoms with E-state index in [1.165, 1.54) is 25.3 Å². The van der Waals surface area contributed by atoms with Crippen LogP contribution in [0.3, 0.4) is 0 Å². The minimum absolute atomic E-state index is 0.0649. The number of amides is 1. The molecule has 0 atom stereocenters. The van der Waals surface area contributed by atoms with Gasteiger partial charge in [0.1, 0.15) is 23.0 Å². The number of hydrogen-bond acceptors (Lipinski definition) is 5. The zero-order chi connectivity index (χ0) is 23.8. The number of halogens is 1. The minimum Gasteiger partial charge on any atom is -0.495 e. The Morgan fingerprint density at radius 3 is 2.36 bits per heavy atom. The van der Waals surface area contributed by atoms with Crippen molar-refractivity contribution in [2.45, 2.75) is 18.4 Å². The lowest BCUT2D eigenvalue weighted by Crippen LogP contribution is -2.29. The molecular weight excluding hydrogens is 464 g/mol. The Kier molecular flexibility index (Phi) is 8.32. The van der Waals surface area contributed by atoms with Gasteiger partial charge in [-0.1, -0.05) is 41.4 Å². The molecule has 0 saturated heterocycles. The summed E-state index contributed by atoms with van der Waals surface area (Å²) >= 11 is 5.87. The molecule has 1 amide bonds. The molecule has 33 heavy (non-hydrogen) atoms. The summed E-state index contributed by atoms with van der Waals surface area (Å²) in [5.74, 6) is 0.427. The van der Waals surface area contributed by atoms with Crippen LogP contribution in [0.4, 0.5) is 0 Å². The van der Waals surface area contributed by atoms with Crippen LogP contribution in [-0.2, 0) is 16.6 Å². The number of rotatable bonds is 10. The predicted molar refractivity (Wildman–Crippen MR) is 127 cm³/mol. The highest BCUT2D eigenvalue weighted by Gasteiger charge is 2.21. The Balaban J connectivity index is 1.64. The van der Waals surface area contributed by atoms with Gasteiger partial charge in [-0.3, -0.25) is 4.79 Å². The third-order valence-electron chi connectivity index (χ3n) is 4.77. The van der Waals surface area contributed by atoms with Crippen LogP contribution in [0.1, 0.15) is 21.5 Å². The van der Waals surface area contributed by atoms with Crippen molar-refractivity contribution < 1.29 is 22.7 Å². The van der Waals surface area contributed by atoms with E-state index >= 15 is 0 Å². The number of benzene rings is 3. The first-order chi connectivity index (χ1) is 15.8. The summed E-state index contributed by atoms with van der Waals surface area (Å²) in [4.78, 5) is 12.4. The lowest BCUT2D eigenvalue weighted by Gasteiger charge is -2.13. The van der Waals surface area contributed by atoms with Crippen molar-refractivity contribution in [2.24, 2.45) is 0 Å². The zero-order valence-corrected chi connectivity index (χ0v) is 19.9. The molecule has 0 aliphatic carbocycles. The average molecular weight is 489 g/mol. The number of methoxy groups -OCH3 is 1. The lowest BCUT2D eigenvalue weighted by molar-refractivity contribution is 0.0946. The molecule has 0 heterocycles. The van der Waals surface area contributed by atoms with Crippen LogP contribution in [0.25, 0.3) is 0 Å². The molecular formula is C24H25ClN2O5S. The van der Waals surface area contributed by atoms with Crippen LogP contribution in [0.15, 0.2) is 71.6 Å². The monoisotopic (exact) mass is 488 g/mol. The van der Waals surface area contributed by atoms with Gasteiger partial charge in [0.25, 0.3) is 5.91 Å². The standard InChI is InChI=1S/C24H25ClN2O5S/c1-17-3-10-21(11-4-17)32-14-13-26-24(28)19-7-12-22(31-2)23(15-19)33(29,30)27-16-18-5-8-20(25)9-6-18/h3-12,15,27H,13-14,16H2,1-2H3,(H,26,28). The maximum atomic E-state index is 12.9. The van der Waals surface area contributed by atoms with Gasteiger partial charge in [0.05, 0.1) is 13.7 Å². The largest absolute Gasteiger partial charge is 0.495 e. The highest BCUT2D eigenvalue weighted by atomic mass is 35.5. The predicted octanol–water partition coefficient (Wildman–Crippen LogP) is 3.94. The first-order valence-electron chi connectivity index (χ1n) is 10.2. The molecule has 3 aromatic rings. The number of sulfonamides is 1. The molecule has 3 aromatic carbocycles. The van der Waals surface area contributed by atoms with Crippen LogP contribution in [0.5, 0.6) is 11.5 Å². The van der Waals surface area contributed by atoms with Crippen molar-refractivity contribution in [3.8, 4) is 11.5 Å². The molecule has 0 aliphatic heterocycles. The Morgan fingerprint density at radius 2 is 1.70 bits per heavy atom. The molecule has 0 saturated carbocycles. The maximum Gasteiger partial charge on any atom is 0.251 e. The second kappa shape index (κ2) is 11.2. The number of hydrogen-bond donors (Lipinski definition) is 2. The number of ether oxygens (including phenoxy) is 2. The van der Waals surface area contributed by atoms with E-state index in [2.05, 4.69) is 10.0 Å². The van der Waals surface area contributed by atoms with Gasteiger partial charge in [0.2, 0.25) is 10.0 Å². The Hall–Kier alpha value is -3.07. The van der Waals surface area contributed by atoms with Crippen molar-refractivity contribution in [2.75, 3.05) is 20.3 Å². The number of carbonyl (C=O) groups excluding carboxylic acids is 1. The molecule has 2 N–H and O–H groups in total. The number of nitrogens with one attached hydrogen (secondary N) is 2. The van der Waals surface area contributed by atoms with E-state index in [0.717, 1.165) is 11.1 Å². The number of carbonyl (C=O) groups is 1. The number of aryl methyl sites for hydroxylation is 1. The van der Waals surface area contributed by atoms with Crippen LogP contribution in [0.2, 0.25) is 5.02 Å². The summed E-state index contributed by atoms with van der Waals surface area (Å²) in [6.07, 6.45) is 0. The van der Waals surface area contributed by atoms with Gasteiger partial charge in [-0.05, 0) is 55.0 Å². The van der Waals surface area contributed by atoms with E-state index in [1.807, 2.05) is 31.2 Å². The van der Waals surface area contributed by atoms with Crippen LogP contribution in [-0.4, -0.2) is 34.6 Å². The fourth-order valence-electron chi connectivity index (χ4n) is 2.96. The van der Waals surface area contributed by atoms with Gasteiger partial charge in [-0.25, -0.2) is 13.1 Å². The molecule has 174 valence electrons. The second-order valence-corrected chi connectivity index (χ2v) is 9.41. The van der Waals surface area contributed by atoms with Crippen molar-refractivity contribution >= 4 is 27.5 Å². The van der Waals surface area contributed by atoms with Crippen molar-refractivity contribution in [3.63, 3.8) is 0 Å². The molecule has 0 radical (unpaired) electrons. The van der Waals surface area contributed by atoms with E-state index < -0.39 is 15.9 Å². The maximum absolute atomic E-state index is 12.9. The van der Waals surface area contributed by atoms with Crippen LogP contribution < -0.4 is 19.5 Å².